The molecule has 4 rings (SSSR count). The quantitative estimate of drug-likeness (QED) is 0.480. The Bertz CT molecular complexity index is 1170. The van der Waals surface area contributed by atoms with Crippen molar-refractivity contribution in [3.8, 4) is 22.9 Å². The summed E-state index contributed by atoms with van der Waals surface area (Å²) in [5, 5.41) is 15.3. The Kier molecular flexibility index (Phi) is 5.67. The summed E-state index contributed by atoms with van der Waals surface area (Å²) >= 11 is 1.57. The zero-order valence-corrected chi connectivity index (χ0v) is 16.9. The molecule has 2 aromatic carbocycles. The molecule has 2 N–H and O–H groups in total. The topological polar surface area (TPSA) is 97.2 Å². The van der Waals surface area contributed by atoms with Gasteiger partial charge in [-0.2, -0.15) is 0 Å². The molecule has 0 aliphatic carbocycles. The highest BCUT2D eigenvalue weighted by atomic mass is 32.1. The Labute approximate surface area is 177 Å². The van der Waals surface area contributed by atoms with Crippen molar-refractivity contribution < 1.29 is 14.6 Å². The largest absolute Gasteiger partial charge is 0.508 e. The molecule has 0 unspecified atom stereocenters. The first-order valence-corrected chi connectivity index (χ1v) is 10.0. The maximum atomic E-state index is 12.6. The molecule has 0 aliphatic heterocycles. The third kappa shape index (κ3) is 4.79. The lowest BCUT2D eigenvalue weighted by molar-refractivity contribution is 0.102. The number of rotatable bonds is 6. The summed E-state index contributed by atoms with van der Waals surface area (Å²) in [6.07, 6.45) is 3.05. The lowest BCUT2D eigenvalue weighted by Crippen LogP contribution is -2.12. The number of aromatic hydroxyl groups is 1. The van der Waals surface area contributed by atoms with Gasteiger partial charge in [0.1, 0.15) is 18.1 Å². The van der Waals surface area contributed by atoms with Gasteiger partial charge in [-0.25, -0.2) is 15.0 Å². The van der Waals surface area contributed by atoms with Gasteiger partial charge in [-0.1, -0.05) is 18.2 Å². The van der Waals surface area contributed by atoms with Crippen LogP contribution >= 0.6 is 11.3 Å². The first-order valence-electron chi connectivity index (χ1n) is 9.13. The van der Waals surface area contributed by atoms with Gasteiger partial charge >= 0.3 is 0 Å². The van der Waals surface area contributed by atoms with Crippen LogP contribution in [0.1, 0.15) is 21.1 Å². The highest BCUT2D eigenvalue weighted by Gasteiger charge is 2.09. The first kappa shape index (κ1) is 19.5. The zero-order chi connectivity index (χ0) is 20.9. The van der Waals surface area contributed by atoms with E-state index in [2.05, 4.69) is 20.3 Å². The summed E-state index contributed by atoms with van der Waals surface area (Å²) in [7, 11) is 0. The van der Waals surface area contributed by atoms with Gasteiger partial charge in [-0.05, 0) is 37.3 Å². The van der Waals surface area contributed by atoms with Crippen molar-refractivity contribution in [2.24, 2.45) is 0 Å². The van der Waals surface area contributed by atoms with Crippen LogP contribution in [0, 0.1) is 6.92 Å². The second-order valence-electron chi connectivity index (χ2n) is 6.47. The Morgan fingerprint density at radius 1 is 1.13 bits per heavy atom. The molecule has 2 aromatic heterocycles. The molecular formula is C22H18N4O3S. The number of amides is 1. The second-order valence-corrected chi connectivity index (χ2v) is 7.54. The maximum absolute atomic E-state index is 12.6. The number of carbonyl (C=O) groups excluding carboxylic acids is 1. The van der Waals surface area contributed by atoms with Crippen LogP contribution in [-0.2, 0) is 6.61 Å². The van der Waals surface area contributed by atoms with Gasteiger partial charge in [0.2, 0.25) is 0 Å². The SMILES string of the molecule is Cc1nc(COc2cccc(C(=O)Nc3cnc(-c4cccc(O)c4)nc3)c2)cs1. The van der Waals surface area contributed by atoms with Crippen LogP contribution in [0.25, 0.3) is 11.4 Å². The summed E-state index contributed by atoms with van der Waals surface area (Å²) in [6.45, 7) is 2.29. The average molecular weight is 418 g/mol. The molecule has 0 saturated carbocycles. The second kappa shape index (κ2) is 8.71. The highest BCUT2D eigenvalue weighted by molar-refractivity contribution is 7.09. The first-order chi connectivity index (χ1) is 14.6. The van der Waals surface area contributed by atoms with Gasteiger partial charge in [-0.3, -0.25) is 4.79 Å². The number of nitrogens with zero attached hydrogens (tertiary/aromatic N) is 3. The monoisotopic (exact) mass is 418 g/mol. The highest BCUT2D eigenvalue weighted by Crippen LogP contribution is 2.21. The molecule has 4 aromatic rings. The third-order valence-electron chi connectivity index (χ3n) is 4.16. The van der Waals surface area contributed by atoms with Crippen molar-refractivity contribution in [3.63, 3.8) is 0 Å². The number of nitrogens with one attached hydrogen (secondary N) is 1. The van der Waals surface area contributed by atoms with Crippen LogP contribution < -0.4 is 10.1 Å². The van der Waals surface area contributed by atoms with Crippen molar-refractivity contribution in [3.05, 3.63) is 82.6 Å². The van der Waals surface area contributed by atoms with Crippen LogP contribution in [0.4, 0.5) is 5.69 Å². The number of anilines is 1. The molecule has 150 valence electrons. The van der Waals surface area contributed by atoms with E-state index in [-0.39, 0.29) is 11.7 Å². The van der Waals surface area contributed by atoms with Crippen molar-refractivity contribution in [1.82, 2.24) is 15.0 Å². The minimum absolute atomic E-state index is 0.139. The maximum Gasteiger partial charge on any atom is 0.255 e. The number of hydrogen-bond acceptors (Lipinski definition) is 7. The Morgan fingerprint density at radius 2 is 1.93 bits per heavy atom. The normalized spacial score (nSPS) is 10.6. The lowest BCUT2D eigenvalue weighted by atomic mass is 10.2. The minimum Gasteiger partial charge on any atom is -0.508 e. The molecule has 0 aliphatic rings. The number of ether oxygens (including phenoxy) is 1. The molecule has 8 heteroatoms. The number of aromatic nitrogens is 3. The Hall–Kier alpha value is -3.78. The molecule has 0 bridgehead atoms. The van der Waals surface area contributed by atoms with E-state index in [9.17, 15) is 9.90 Å². The number of thiazole rings is 1. The average Bonchev–Trinajstić information content (AvgIpc) is 3.18. The fourth-order valence-electron chi connectivity index (χ4n) is 2.75. The van der Waals surface area contributed by atoms with Crippen LogP contribution in [0.3, 0.4) is 0 Å². The van der Waals surface area contributed by atoms with E-state index < -0.39 is 0 Å². The molecule has 30 heavy (non-hydrogen) atoms. The molecular weight excluding hydrogens is 400 g/mol. The summed E-state index contributed by atoms with van der Waals surface area (Å²) < 4.78 is 5.74. The van der Waals surface area contributed by atoms with E-state index in [1.165, 1.54) is 12.4 Å². The van der Waals surface area contributed by atoms with Crippen LogP contribution in [-0.4, -0.2) is 26.0 Å². The zero-order valence-electron chi connectivity index (χ0n) is 16.1. The lowest BCUT2D eigenvalue weighted by Gasteiger charge is -2.08. The summed E-state index contributed by atoms with van der Waals surface area (Å²) in [6, 6.07) is 13.6. The van der Waals surface area contributed by atoms with Crippen molar-refractivity contribution in [1.29, 1.82) is 0 Å². The van der Waals surface area contributed by atoms with Crippen LogP contribution in [0.5, 0.6) is 11.5 Å². The number of phenols is 1. The molecule has 7 nitrogen and oxygen atoms in total. The number of aryl methyl sites for hydroxylation is 1. The third-order valence-corrected chi connectivity index (χ3v) is 4.99. The molecule has 0 radical (unpaired) electrons. The van der Waals surface area contributed by atoms with E-state index >= 15 is 0 Å². The van der Waals surface area contributed by atoms with Crippen molar-refractivity contribution >= 4 is 22.9 Å². The van der Waals surface area contributed by atoms with Gasteiger partial charge in [-0.15, -0.1) is 11.3 Å². The fraction of sp³-hybridized carbons (Fsp3) is 0.0909. The van der Waals surface area contributed by atoms with Gasteiger partial charge < -0.3 is 15.2 Å². The van der Waals surface area contributed by atoms with Gasteiger partial charge in [0, 0.05) is 16.5 Å². The molecule has 1 amide bonds. The predicted octanol–water partition coefficient (Wildman–Crippen LogP) is 4.45. The van der Waals surface area contributed by atoms with E-state index in [0.717, 1.165) is 10.7 Å². The molecule has 2 heterocycles. The molecule has 0 fully saturated rings. The van der Waals surface area contributed by atoms with E-state index in [4.69, 9.17) is 4.74 Å². The molecule has 0 atom stereocenters. The van der Waals surface area contributed by atoms with Crippen molar-refractivity contribution in [2.45, 2.75) is 13.5 Å². The van der Waals surface area contributed by atoms with Crippen LogP contribution in [0.15, 0.2) is 66.3 Å². The summed E-state index contributed by atoms with van der Waals surface area (Å²) in [4.78, 5) is 25.4. The van der Waals surface area contributed by atoms with Crippen LogP contribution in [0.2, 0.25) is 0 Å². The standard InChI is InChI=1S/C22H18N4O3S/c1-14-25-18(13-30-14)12-29-20-7-3-5-16(9-20)22(28)26-17-10-23-21(24-11-17)15-4-2-6-19(27)8-15/h2-11,13,27H,12H2,1H3,(H,26,28). The van der Waals surface area contributed by atoms with Gasteiger partial charge in [0.25, 0.3) is 5.91 Å². The number of hydrogen-bond donors (Lipinski definition) is 2. The summed E-state index contributed by atoms with van der Waals surface area (Å²) in [5.41, 5.74) is 2.47. The smallest absolute Gasteiger partial charge is 0.255 e. The van der Waals surface area contributed by atoms with Gasteiger partial charge in [0.15, 0.2) is 5.82 Å². The van der Waals surface area contributed by atoms with E-state index in [1.54, 1.807) is 59.9 Å². The fourth-order valence-corrected chi connectivity index (χ4v) is 3.35. The number of carbonyl (C=O) groups is 1. The Balaban J connectivity index is 1.41. The minimum atomic E-state index is -0.293. The van der Waals surface area contributed by atoms with E-state index in [1.807, 2.05) is 12.3 Å². The van der Waals surface area contributed by atoms with Crippen molar-refractivity contribution in [2.75, 3.05) is 5.32 Å². The van der Waals surface area contributed by atoms with E-state index in [0.29, 0.717) is 35.0 Å². The number of phenolic OH excluding ortho intramolecular Hbond substituents is 1. The molecule has 0 saturated heterocycles. The predicted molar refractivity (Wildman–Crippen MR) is 115 cm³/mol. The number of benzene rings is 2. The Morgan fingerprint density at radius 3 is 2.67 bits per heavy atom. The molecule has 0 spiro atoms. The van der Waals surface area contributed by atoms with Gasteiger partial charge in [0.05, 0.1) is 28.8 Å². The summed E-state index contributed by atoms with van der Waals surface area (Å²) in [5.74, 6) is 0.888.